The Bertz CT molecular complexity index is 120. The van der Waals surface area contributed by atoms with Crippen LogP contribution < -0.4 is 0 Å². The first kappa shape index (κ1) is 9.05. The minimum atomic E-state index is 0.410. The van der Waals surface area contributed by atoms with Gasteiger partial charge >= 0.3 is 0 Å². The highest BCUT2D eigenvalue weighted by Gasteiger charge is 2.39. The van der Waals surface area contributed by atoms with Crippen LogP contribution in [0.5, 0.6) is 0 Å². The molecule has 1 aliphatic rings. The lowest BCUT2D eigenvalue weighted by molar-refractivity contribution is 0.254. The van der Waals surface area contributed by atoms with Gasteiger partial charge in [0.1, 0.15) is 0 Å². The smallest absolute Gasteiger partial charge is 0.0462 e. The van der Waals surface area contributed by atoms with Gasteiger partial charge < -0.3 is 5.11 Å². The van der Waals surface area contributed by atoms with Crippen molar-refractivity contribution in [3.8, 4) is 0 Å². The van der Waals surface area contributed by atoms with Crippen molar-refractivity contribution in [2.24, 2.45) is 23.7 Å². The number of hydrogen-bond acceptors (Lipinski definition) is 1. The Morgan fingerprint density at radius 3 is 2.36 bits per heavy atom. The molecule has 1 aliphatic carbocycles. The molecule has 0 aromatic carbocycles. The molecule has 0 heterocycles. The van der Waals surface area contributed by atoms with Crippen LogP contribution in [0.3, 0.4) is 0 Å². The topological polar surface area (TPSA) is 20.2 Å². The zero-order valence-electron chi connectivity index (χ0n) is 7.88. The first-order valence-corrected chi connectivity index (χ1v) is 4.76. The first-order valence-electron chi connectivity index (χ1n) is 4.76. The van der Waals surface area contributed by atoms with Gasteiger partial charge in [-0.3, -0.25) is 0 Å². The van der Waals surface area contributed by atoms with Crippen molar-refractivity contribution >= 4 is 0 Å². The maximum atomic E-state index is 8.86. The van der Waals surface area contributed by atoms with Gasteiger partial charge in [0.2, 0.25) is 0 Å². The summed E-state index contributed by atoms with van der Waals surface area (Å²) < 4.78 is 0. The fourth-order valence-electron chi connectivity index (χ4n) is 2.10. The third kappa shape index (κ3) is 2.48. The Hall–Kier alpha value is -0.0400. The van der Waals surface area contributed by atoms with Gasteiger partial charge in [-0.05, 0) is 36.5 Å². The second kappa shape index (κ2) is 3.57. The van der Waals surface area contributed by atoms with E-state index in [1.165, 1.54) is 12.8 Å². The van der Waals surface area contributed by atoms with Crippen LogP contribution in [0.4, 0.5) is 0 Å². The predicted molar refractivity (Wildman–Crippen MR) is 47.3 cm³/mol. The van der Waals surface area contributed by atoms with Crippen LogP contribution in [-0.2, 0) is 0 Å². The summed E-state index contributed by atoms with van der Waals surface area (Å²) in [5.41, 5.74) is 0. The summed E-state index contributed by atoms with van der Waals surface area (Å²) in [5.74, 6) is 3.11. The number of hydrogen-bond donors (Lipinski definition) is 1. The molecule has 66 valence electrons. The van der Waals surface area contributed by atoms with E-state index in [1.807, 2.05) is 0 Å². The van der Waals surface area contributed by atoms with Crippen molar-refractivity contribution in [1.29, 1.82) is 0 Å². The average molecular weight is 156 g/mol. The van der Waals surface area contributed by atoms with Crippen LogP contribution in [0, 0.1) is 23.7 Å². The van der Waals surface area contributed by atoms with E-state index in [1.54, 1.807) is 0 Å². The first-order chi connectivity index (χ1) is 5.15. The fourth-order valence-corrected chi connectivity index (χ4v) is 2.10. The third-order valence-corrected chi connectivity index (χ3v) is 2.79. The maximum absolute atomic E-state index is 8.86. The van der Waals surface area contributed by atoms with Gasteiger partial charge in [0, 0.05) is 6.61 Å². The normalized spacial score (nSPS) is 32.5. The van der Waals surface area contributed by atoms with E-state index >= 15 is 0 Å². The average Bonchev–Trinajstić information content (AvgIpc) is 2.63. The molecule has 1 rings (SSSR count). The lowest BCUT2D eigenvalue weighted by atomic mass is 9.94. The molecule has 11 heavy (non-hydrogen) atoms. The van der Waals surface area contributed by atoms with Crippen LogP contribution >= 0.6 is 0 Å². The highest BCUT2D eigenvalue weighted by atomic mass is 16.3. The van der Waals surface area contributed by atoms with Gasteiger partial charge in [0.05, 0.1) is 0 Å². The summed E-state index contributed by atoms with van der Waals surface area (Å²) in [6.07, 6.45) is 2.59. The summed E-state index contributed by atoms with van der Waals surface area (Å²) in [4.78, 5) is 0. The summed E-state index contributed by atoms with van der Waals surface area (Å²) in [6.45, 7) is 7.27. The van der Waals surface area contributed by atoms with Crippen molar-refractivity contribution in [2.75, 3.05) is 6.61 Å². The van der Waals surface area contributed by atoms with Crippen molar-refractivity contribution < 1.29 is 5.11 Å². The van der Waals surface area contributed by atoms with E-state index in [0.717, 1.165) is 17.8 Å². The molecule has 0 radical (unpaired) electrons. The molecule has 1 N–H and O–H groups in total. The predicted octanol–water partition coefficient (Wildman–Crippen LogP) is 2.30. The molecule has 0 saturated heterocycles. The molecule has 3 atom stereocenters. The maximum Gasteiger partial charge on any atom is 0.0462 e. The van der Waals surface area contributed by atoms with E-state index in [0.29, 0.717) is 12.5 Å². The Kier molecular flexibility index (Phi) is 2.94. The zero-order valence-corrected chi connectivity index (χ0v) is 7.88. The van der Waals surface area contributed by atoms with Gasteiger partial charge in [-0.2, -0.15) is 0 Å². The molecule has 1 saturated carbocycles. The van der Waals surface area contributed by atoms with E-state index in [4.69, 9.17) is 5.11 Å². The summed E-state index contributed by atoms with van der Waals surface area (Å²) >= 11 is 0. The van der Waals surface area contributed by atoms with Gasteiger partial charge in [-0.15, -0.1) is 0 Å². The van der Waals surface area contributed by atoms with Gasteiger partial charge in [-0.25, -0.2) is 0 Å². The van der Waals surface area contributed by atoms with E-state index in [9.17, 15) is 0 Å². The van der Waals surface area contributed by atoms with E-state index in [-0.39, 0.29) is 0 Å². The van der Waals surface area contributed by atoms with Crippen molar-refractivity contribution in [3.05, 3.63) is 0 Å². The third-order valence-electron chi connectivity index (χ3n) is 2.79. The van der Waals surface area contributed by atoms with E-state index < -0.39 is 0 Å². The molecule has 0 spiro atoms. The van der Waals surface area contributed by atoms with E-state index in [2.05, 4.69) is 20.8 Å². The SMILES string of the molecule is CC(C)CC(C)C1CC1CO. The molecule has 0 amide bonds. The molecule has 0 aromatic heterocycles. The molecule has 3 unspecified atom stereocenters. The Labute approximate surface area is 69.8 Å². The lowest BCUT2D eigenvalue weighted by Gasteiger charge is -2.12. The van der Waals surface area contributed by atoms with Gasteiger partial charge in [0.15, 0.2) is 0 Å². The molecule has 0 aliphatic heterocycles. The molecular weight excluding hydrogens is 136 g/mol. The summed E-state index contributed by atoms with van der Waals surface area (Å²) in [7, 11) is 0. The highest BCUT2D eigenvalue weighted by Crippen LogP contribution is 2.45. The van der Waals surface area contributed by atoms with Gasteiger partial charge in [0.25, 0.3) is 0 Å². The molecule has 1 fully saturated rings. The van der Waals surface area contributed by atoms with Crippen LogP contribution in [0.2, 0.25) is 0 Å². The lowest BCUT2D eigenvalue weighted by Crippen LogP contribution is -2.04. The molecule has 1 heteroatoms. The highest BCUT2D eigenvalue weighted by molar-refractivity contribution is 4.89. The minimum Gasteiger partial charge on any atom is -0.396 e. The minimum absolute atomic E-state index is 0.410. The second-order valence-electron chi connectivity index (χ2n) is 4.45. The molecular formula is C10H20O. The quantitative estimate of drug-likeness (QED) is 0.662. The van der Waals surface area contributed by atoms with Crippen LogP contribution in [0.25, 0.3) is 0 Å². The largest absolute Gasteiger partial charge is 0.396 e. The number of aliphatic hydroxyl groups is 1. The number of rotatable bonds is 4. The second-order valence-corrected chi connectivity index (χ2v) is 4.45. The van der Waals surface area contributed by atoms with Crippen LogP contribution in [0.1, 0.15) is 33.6 Å². The molecule has 1 nitrogen and oxygen atoms in total. The summed E-state index contributed by atoms with van der Waals surface area (Å²) in [6, 6.07) is 0. The van der Waals surface area contributed by atoms with Crippen molar-refractivity contribution in [3.63, 3.8) is 0 Å². The number of aliphatic hydroxyl groups excluding tert-OH is 1. The molecule has 0 aromatic rings. The van der Waals surface area contributed by atoms with Gasteiger partial charge in [-0.1, -0.05) is 20.8 Å². The Balaban J connectivity index is 2.17. The van der Waals surface area contributed by atoms with Crippen LogP contribution in [0.15, 0.2) is 0 Å². The van der Waals surface area contributed by atoms with Crippen LogP contribution in [-0.4, -0.2) is 11.7 Å². The fraction of sp³-hybridized carbons (Fsp3) is 1.00. The monoisotopic (exact) mass is 156 g/mol. The Morgan fingerprint density at radius 1 is 1.36 bits per heavy atom. The summed E-state index contributed by atoms with van der Waals surface area (Å²) in [5, 5.41) is 8.86. The standard InChI is InChI=1S/C10H20O/c1-7(2)4-8(3)10-5-9(10)6-11/h7-11H,4-6H2,1-3H3. The van der Waals surface area contributed by atoms with Crippen molar-refractivity contribution in [2.45, 2.75) is 33.6 Å². The molecule has 0 bridgehead atoms. The zero-order chi connectivity index (χ0) is 8.43. The Morgan fingerprint density at radius 2 is 2.00 bits per heavy atom. The van der Waals surface area contributed by atoms with Crippen molar-refractivity contribution in [1.82, 2.24) is 0 Å².